The summed E-state index contributed by atoms with van der Waals surface area (Å²) in [6.45, 7) is 9.77. The van der Waals surface area contributed by atoms with Gasteiger partial charge in [0.05, 0.1) is 6.54 Å². The predicted octanol–water partition coefficient (Wildman–Crippen LogP) is 2.15. The number of aliphatic imine (C=N–C) groups is 1. The van der Waals surface area contributed by atoms with Gasteiger partial charge in [0.1, 0.15) is 5.01 Å². The minimum atomic E-state index is 0. The fraction of sp³-hybridized carbons (Fsp3) is 0.714. The number of aromatic nitrogens is 1. The van der Waals surface area contributed by atoms with Crippen LogP contribution in [0, 0.1) is 5.92 Å². The molecule has 2 N–H and O–H groups in total. The number of likely N-dealkylation sites (tertiary alicyclic amines) is 1. The first-order valence-corrected chi connectivity index (χ1v) is 8.07. The summed E-state index contributed by atoms with van der Waals surface area (Å²) in [7, 11) is 1.82. The van der Waals surface area contributed by atoms with Crippen molar-refractivity contribution in [1.82, 2.24) is 20.5 Å². The molecular weight excluding hydrogens is 397 g/mol. The second-order valence-corrected chi connectivity index (χ2v) is 6.61. The quantitative estimate of drug-likeness (QED) is 0.443. The number of hydrogen-bond acceptors (Lipinski definition) is 4. The van der Waals surface area contributed by atoms with E-state index in [4.69, 9.17) is 0 Å². The Hall–Kier alpha value is -0.410. The molecule has 2 unspecified atom stereocenters. The van der Waals surface area contributed by atoms with Gasteiger partial charge in [-0.3, -0.25) is 9.89 Å². The van der Waals surface area contributed by atoms with Crippen LogP contribution in [0.25, 0.3) is 0 Å². The van der Waals surface area contributed by atoms with Crippen molar-refractivity contribution in [2.75, 3.05) is 20.1 Å². The first-order chi connectivity index (χ1) is 9.60. The van der Waals surface area contributed by atoms with Crippen LogP contribution in [-0.2, 0) is 6.54 Å². The maximum Gasteiger partial charge on any atom is 0.191 e. The molecule has 2 heterocycles. The van der Waals surface area contributed by atoms with E-state index in [1.165, 1.54) is 0 Å². The van der Waals surface area contributed by atoms with E-state index in [2.05, 4.69) is 46.3 Å². The van der Waals surface area contributed by atoms with E-state index >= 15 is 0 Å². The van der Waals surface area contributed by atoms with Crippen LogP contribution in [0.3, 0.4) is 0 Å². The molecule has 1 aromatic heterocycles. The third kappa shape index (κ3) is 5.37. The number of hydrogen-bond donors (Lipinski definition) is 2. The summed E-state index contributed by atoms with van der Waals surface area (Å²) in [5, 5.41) is 9.94. The largest absolute Gasteiger partial charge is 0.352 e. The lowest BCUT2D eigenvalue weighted by Gasteiger charge is -2.21. The van der Waals surface area contributed by atoms with Gasteiger partial charge in [0, 0.05) is 43.8 Å². The van der Waals surface area contributed by atoms with E-state index in [0.717, 1.165) is 30.6 Å². The molecule has 0 aromatic carbocycles. The summed E-state index contributed by atoms with van der Waals surface area (Å²) in [5.74, 6) is 1.50. The molecule has 1 fully saturated rings. The zero-order chi connectivity index (χ0) is 14.5. The smallest absolute Gasteiger partial charge is 0.191 e. The highest BCUT2D eigenvalue weighted by Crippen LogP contribution is 2.18. The fourth-order valence-electron chi connectivity index (χ4n) is 2.48. The number of halogens is 1. The molecule has 0 amide bonds. The molecule has 2 rings (SSSR count). The molecular formula is C14H26IN5S. The summed E-state index contributed by atoms with van der Waals surface area (Å²) in [6.07, 6.45) is 1.83. The fourth-order valence-corrected chi connectivity index (χ4v) is 3.04. The Morgan fingerprint density at radius 3 is 2.81 bits per heavy atom. The van der Waals surface area contributed by atoms with Crippen LogP contribution < -0.4 is 10.6 Å². The molecule has 1 aliphatic rings. The Bertz CT molecular complexity index is 435. The Balaban J connectivity index is 0.00000220. The van der Waals surface area contributed by atoms with Gasteiger partial charge in [-0.25, -0.2) is 4.98 Å². The van der Waals surface area contributed by atoms with Crippen LogP contribution in [0.4, 0.5) is 0 Å². The normalized spacial score (nSPS) is 23.2. The van der Waals surface area contributed by atoms with Crippen LogP contribution in [0.2, 0.25) is 0 Å². The van der Waals surface area contributed by atoms with Crippen LogP contribution in [0.5, 0.6) is 0 Å². The number of guanidine groups is 1. The van der Waals surface area contributed by atoms with Crippen LogP contribution in [-0.4, -0.2) is 48.1 Å². The van der Waals surface area contributed by atoms with Crippen molar-refractivity contribution in [3.63, 3.8) is 0 Å². The van der Waals surface area contributed by atoms with Crippen molar-refractivity contribution in [3.05, 3.63) is 16.6 Å². The molecule has 0 spiro atoms. The molecule has 7 heteroatoms. The maximum atomic E-state index is 4.31. The van der Waals surface area contributed by atoms with E-state index in [9.17, 15) is 0 Å². The molecule has 120 valence electrons. The van der Waals surface area contributed by atoms with Crippen molar-refractivity contribution < 1.29 is 0 Å². The molecule has 0 radical (unpaired) electrons. The van der Waals surface area contributed by atoms with Crippen molar-refractivity contribution in [3.8, 4) is 0 Å². The van der Waals surface area contributed by atoms with Gasteiger partial charge in [-0.1, -0.05) is 6.92 Å². The zero-order valence-electron chi connectivity index (χ0n) is 13.2. The second-order valence-electron chi connectivity index (χ2n) is 5.63. The van der Waals surface area contributed by atoms with E-state index in [0.29, 0.717) is 18.0 Å². The molecule has 0 saturated carbocycles. The van der Waals surface area contributed by atoms with Crippen molar-refractivity contribution in [2.45, 2.75) is 39.4 Å². The number of rotatable bonds is 4. The van der Waals surface area contributed by atoms with Crippen LogP contribution in [0.15, 0.2) is 16.6 Å². The summed E-state index contributed by atoms with van der Waals surface area (Å²) in [6, 6.07) is 1.06. The number of nitrogens with zero attached hydrogens (tertiary/aromatic N) is 3. The van der Waals surface area contributed by atoms with Crippen molar-refractivity contribution >= 4 is 41.3 Å². The molecule has 21 heavy (non-hydrogen) atoms. The highest BCUT2D eigenvalue weighted by atomic mass is 127. The SMILES string of the molecule is CN=C(NCc1nccs1)NC1CN(C(C)C)CC1C.I. The predicted molar refractivity (Wildman–Crippen MR) is 101 cm³/mol. The van der Waals surface area contributed by atoms with Gasteiger partial charge in [0.2, 0.25) is 0 Å². The van der Waals surface area contributed by atoms with Crippen molar-refractivity contribution in [2.24, 2.45) is 10.9 Å². The Morgan fingerprint density at radius 2 is 2.29 bits per heavy atom. The summed E-state index contributed by atoms with van der Waals surface area (Å²) in [5.41, 5.74) is 0. The lowest BCUT2D eigenvalue weighted by molar-refractivity contribution is 0.265. The van der Waals surface area contributed by atoms with E-state index in [1.54, 1.807) is 11.3 Å². The first-order valence-electron chi connectivity index (χ1n) is 7.19. The molecule has 1 aliphatic heterocycles. The average Bonchev–Trinajstić information content (AvgIpc) is 3.04. The zero-order valence-corrected chi connectivity index (χ0v) is 16.3. The minimum Gasteiger partial charge on any atom is -0.352 e. The third-order valence-corrected chi connectivity index (χ3v) is 4.59. The molecule has 1 aromatic rings. The maximum absolute atomic E-state index is 4.31. The number of thiazole rings is 1. The van der Waals surface area contributed by atoms with Gasteiger partial charge < -0.3 is 10.6 Å². The van der Waals surface area contributed by atoms with Gasteiger partial charge in [-0.05, 0) is 19.8 Å². The van der Waals surface area contributed by atoms with Crippen LogP contribution in [0.1, 0.15) is 25.8 Å². The van der Waals surface area contributed by atoms with Gasteiger partial charge in [-0.2, -0.15) is 0 Å². The number of nitrogens with one attached hydrogen (secondary N) is 2. The Kier molecular flexibility index (Phi) is 7.89. The van der Waals surface area contributed by atoms with Gasteiger partial charge in [-0.15, -0.1) is 35.3 Å². The Labute approximate surface area is 148 Å². The minimum absolute atomic E-state index is 0. The topological polar surface area (TPSA) is 52.6 Å². The van der Waals surface area contributed by atoms with E-state index in [-0.39, 0.29) is 24.0 Å². The standard InChI is InChI=1S/C14H25N5S.HI/c1-10(2)19-8-11(3)12(9-19)18-14(15-4)17-7-13-16-5-6-20-13;/h5-6,10-12H,7-9H2,1-4H3,(H2,15,17,18);1H. The first kappa shape index (κ1) is 18.6. The van der Waals surface area contributed by atoms with Crippen LogP contribution >= 0.6 is 35.3 Å². The molecule has 5 nitrogen and oxygen atoms in total. The highest BCUT2D eigenvalue weighted by molar-refractivity contribution is 14.0. The Morgan fingerprint density at radius 1 is 1.52 bits per heavy atom. The molecule has 0 bridgehead atoms. The average molecular weight is 423 g/mol. The highest BCUT2D eigenvalue weighted by Gasteiger charge is 2.31. The lowest BCUT2D eigenvalue weighted by atomic mass is 10.1. The molecule has 2 atom stereocenters. The van der Waals surface area contributed by atoms with Crippen molar-refractivity contribution in [1.29, 1.82) is 0 Å². The summed E-state index contributed by atoms with van der Waals surface area (Å²) >= 11 is 1.66. The molecule has 1 saturated heterocycles. The summed E-state index contributed by atoms with van der Waals surface area (Å²) in [4.78, 5) is 11.1. The molecule has 0 aliphatic carbocycles. The third-order valence-electron chi connectivity index (χ3n) is 3.81. The van der Waals surface area contributed by atoms with E-state index in [1.807, 2.05) is 18.6 Å². The van der Waals surface area contributed by atoms with E-state index < -0.39 is 0 Å². The van der Waals surface area contributed by atoms with Gasteiger partial charge >= 0.3 is 0 Å². The summed E-state index contributed by atoms with van der Waals surface area (Å²) < 4.78 is 0. The van der Waals surface area contributed by atoms with Gasteiger partial charge in [0.25, 0.3) is 0 Å². The van der Waals surface area contributed by atoms with Gasteiger partial charge in [0.15, 0.2) is 5.96 Å². The lowest BCUT2D eigenvalue weighted by Crippen LogP contribution is -2.46. The second kappa shape index (κ2) is 8.89. The monoisotopic (exact) mass is 423 g/mol.